The third-order valence-electron chi connectivity index (χ3n) is 6.83. The maximum atomic E-state index is 14.1. The predicted octanol–water partition coefficient (Wildman–Crippen LogP) is 5.15. The molecular weight excluding hydrogens is 520 g/mol. The van der Waals surface area contributed by atoms with Crippen LogP contribution in [-0.4, -0.2) is 43.2 Å². The summed E-state index contributed by atoms with van der Waals surface area (Å²) >= 11 is 6.41. The van der Waals surface area contributed by atoms with E-state index in [2.05, 4.69) is 5.32 Å². The van der Waals surface area contributed by atoms with Crippen molar-refractivity contribution < 1.29 is 30.0 Å². The van der Waals surface area contributed by atoms with Gasteiger partial charge in [0.2, 0.25) is 5.91 Å². The lowest BCUT2D eigenvalue weighted by Crippen LogP contribution is -2.53. The van der Waals surface area contributed by atoms with E-state index in [1.165, 1.54) is 29.2 Å². The maximum Gasteiger partial charge on any atom is 0.256 e. The van der Waals surface area contributed by atoms with Crippen LogP contribution in [0.3, 0.4) is 0 Å². The van der Waals surface area contributed by atoms with Gasteiger partial charge in [-0.1, -0.05) is 48.0 Å². The molecule has 0 saturated carbocycles. The molecule has 39 heavy (non-hydrogen) atoms. The summed E-state index contributed by atoms with van der Waals surface area (Å²) in [6.45, 7) is 0. The fraction of sp³-hybridized carbons (Fsp3) is 0.133. The molecule has 0 aromatic heterocycles. The Balaban J connectivity index is 1.66. The van der Waals surface area contributed by atoms with E-state index in [4.69, 9.17) is 11.6 Å². The zero-order valence-corrected chi connectivity index (χ0v) is 21.3. The number of phenolic OH excluding ortho intramolecular Hbond substituents is 4. The molecule has 9 heteroatoms. The number of hydrogen-bond donors (Lipinski definition) is 5. The number of carbonyl (C=O) groups excluding carboxylic acids is 2. The molecule has 0 bridgehead atoms. The first kappa shape index (κ1) is 25.9. The van der Waals surface area contributed by atoms with E-state index in [0.717, 1.165) is 0 Å². The first-order valence-electron chi connectivity index (χ1n) is 12.2. The van der Waals surface area contributed by atoms with Crippen molar-refractivity contribution in [3.63, 3.8) is 0 Å². The Morgan fingerprint density at radius 3 is 2.21 bits per heavy atom. The minimum absolute atomic E-state index is 0.0648. The van der Waals surface area contributed by atoms with Gasteiger partial charge in [0, 0.05) is 12.1 Å². The Kier molecular flexibility index (Phi) is 7.04. The molecular formula is C30H25ClN2O6. The average Bonchev–Trinajstić information content (AvgIpc) is 2.92. The minimum atomic E-state index is -1.01. The predicted molar refractivity (Wildman–Crippen MR) is 146 cm³/mol. The highest BCUT2D eigenvalue weighted by atomic mass is 35.5. The number of para-hydroxylation sites is 1. The van der Waals surface area contributed by atoms with Gasteiger partial charge >= 0.3 is 0 Å². The highest BCUT2D eigenvalue weighted by Crippen LogP contribution is 2.42. The van der Waals surface area contributed by atoms with Crippen LogP contribution in [0.4, 0.5) is 5.69 Å². The molecule has 1 heterocycles. The van der Waals surface area contributed by atoms with E-state index in [9.17, 15) is 30.0 Å². The van der Waals surface area contributed by atoms with Crippen LogP contribution in [0.25, 0.3) is 0 Å². The smallest absolute Gasteiger partial charge is 0.256 e. The van der Waals surface area contributed by atoms with Gasteiger partial charge in [-0.15, -0.1) is 0 Å². The molecule has 0 radical (unpaired) electrons. The van der Waals surface area contributed by atoms with Gasteiger partial charge in [-0.3, -0.25) is 9.59 Å². The number of carbonyl (C=O) groups is 2. The van der Waals surface area contributed by atoms with E-state index >= 15 is 0 Å². The molecule has 1 aliphatic rings. The van der Waals surface area contributed by atoms with Crippen molar-refractivity contribution in [1.82, 2.24) is 4.90 Å². The molecule has 5 N–H and O–H groups in total. The summed E-state index contributed by atoms with van der Waals surface area (Å²) in [6.07, 6.45) is 0.186. The summed E-state index contributed by atoms with van der Waals surface area (Å²) in [5.41, 5.74) is 2.42. The van der Waals surface area contributed by atoms with E-state index < -0.39 is 23.9 Å². The largest absolute Gasteiger partial charge is 0.504 e. The Bertz CT molecular complexity index is 1560. The zero-order valence-electron chi connectivity index (χ0n) is 20.6. The van der Waals surface area contributed by atoms with E-state index in [-0.39, 0.29) is 46.4 Å². The standard InChI is InChI=1S/C30H25ClN2O6/c31-22-9-5-4-8-20(22)30(39)33-23(12-17-10-11-25(34)26(35)13-17)21-16-28(37)27(36)15-18(21)14-24(33)29(38)32-19-6-2-1-3-7-19/h1-11,13,15-16,23-24,34-37H,12,14H2,(H,32,38)/t23-,24-/m0/s1. The van der Waals surface area contributed by atoms with E-state index in [1.54, 1.807) is 54.6 Å². The number of hydrogen-bond acceptors (Lipinski definition) is 6. The SMILES string of the molecule is O=C(Nc1ccccc1)[C@@H]1Cc2cc(O)c(O)cc2[C@H](Cc2ccc(O)c(O)c2)N1C(=O)c1ccccc1Cl. The average molecular weight is 545 g/mol. The first-order chi connectivity index (χ1) is 18.7. The molecule has 4 aromatic rings. The van der Waals surface area contributed by atoms with E-state index in [0.29, 0.717) is 22.4 Å². The Labute approximate surface area is 229 Å². The van der Waals surface area contributed by atoms with Gasteiger partial charge in [0.05, 0.1) is 16.6 Å². The second-order valence-electron chi connectivity index (χ2n) is 9.35. The molecule has 0 fully saturated rings. The van der Waals surface area contributed by atoms with Crippen LogP contribution in [0.1, 0.15) is 33.1 Å². The normalized spacial score (nSPS) is 16.4. The number of fused-ring (bicyclic) bond motifs is 1. The number of benzene rings is 4. The molecule has 198 valence electrons. The number of rotatable bonds is 5. The van der Waals surface area contributed by atoms with Crippen LogP contribution in [-0.2, 0) is 17.6 Å². The van der Waals surface area contributed by atoms with Gasteiger partial charge in [0.1, 0.15) is 6.04 Å². The number of anilines is 1. The molecule has 4 aromatic carbocycles. The highest BCUT2D eigenvalue weighted by Gasteiger charge is 2.42. The molecule has 0 aliphatic carbocycles. The van der Waals surface area contributed by atoms with Gasteiger partial charge in [-0.05, 0) is 71.6 Å². The Morgan fingerprint density at radius 1 is 0.821 bits per heavy atom. The summed E-state index contributed by atoms with van der Waals surface area (Å²) in [4.78, 5) is 29.3. The summed E-state index contributed by atoms with van der Waals surface area (Å²) in [5.74, 6) is -2.29. The summed E-state index contributed by atoms with van der Waals surface area (Å²) in [7, 11) is 0. The molecule has 0 spiro atoms. The number of amides is 2. The van der Waals surface area contributed by atoms with Crippen molar-refractivity contribution in [3.8, 4) is 23.0 Å². The van der Waals surface area contributed by atoms with Crippen LogP contribution in [0.5, 0.6) is 23.0 Å². The van der Waals surface area contributed by atoms with Gasteiger partial charge in [-0.25, -0.2) is 0 Å². The van der Waals surface area contributed by atoms with Crippen LogP contribution in [0.15, 0.2) is 84.9 Å². The zero-order chi connectivity index (χ0) is 27.7. The van der Waals surface area contributed by atoms with Gasteiger partial charge in [-0.2, -0.15) is 0 Å². The quantitative estimate of drug-likeness (QED) is 0.221. The highest BCUT2D eigenvalue weighted by molar-refractivity contribution is 6.33. The number of nitrogens with one attached hydrogen (secondary N) is 1. The van der Waals surface area contributed by atoms with Crippen molar-refractivity contribution in [3.05, 3.63) is 112 Å². The third-order valence-corrected chi connectivity index (χ3v) is 7.16. The van der Waals surface area contributed by atoms with Crippen molar-refractivity contribution in [2.45, 2.75) is 24.9 Å². The topological polar surface area (TPSA) is 130 Å². The van der Waals surface area contributed by atoms with Gasteiger partial charge < -0.3 is 30.6 Å². The van der Waals surface area contributed by atoms with Gasteiger partial charge in [0.25, 0.3) is 5.91 Å². The second kappa shape index (κ2) is 10.6. The van der Waals surface area contributed by atoms with Crippen molar-refractivity contribution in [1.29, 1.82) is 0 Å². The molecule has 1 aliphatic heterocycles. The lowest BCUT2D eigenvalue weighted by molar-refractivity contribution is -0.121. The fourth-order valence-electron chi connectivity index (χ4n) is 4.95. The molecule has 2 amide bonds. The van der Waals surface area contributed by atoms with Crippen LogP contribution < -0.4 is 5.32 Å². The summed E-state index contributed by atoms with van der Waals surface area (Å²) in [6, 6.07) is 20.6. The number of nitrogens with zero attached hydrogens (tertiary/aromatic N) is 1. The van der Waals surface area contributed by atoms with Crippen molar-refractivity contribution in [2.24, 2.45) is 0 Å². The fourth-order valence-corrected chi connectivity index (χ4v) is 5.16. The van der Waals surface area contributed by atoms with Gasteiger partial charge in [0.15, 0.2) is 23.0 Å². The third kappa shape index (κ3) is 5.19. The van der Waals surface area contributed by atoms with E-state index in [1.807, 2.05) is 6.07 Å². The Morgan fingerprint density at radius 2 is 1.49 bits per heavy atom. The monoisotopic (exact) mass is 544 g/mol. The number of phenols is 4. The minimum Gasteiger partial charge on any atom is -0.504 e. The summed E-state index contributed by atoms with van der Waals surface area (Å²) in [5, 5.41) is 43.6. The van der Waals surface area contributed by atoms with Crippen molar-refractivity contribution >= 4 is 29.1 Å². The second-order valence-corrected chi connectivity index (χ2v) is 9.76. The molecule has 2 atom stereocenters. The first-order valence-corrected chi connectivity index (χ1v) is 12.6. The summed E-state index contributed by atoms with van der Waals surface area (Å²) < 4.78 is 0. The molecule has 5 rings (SSSR count). The van der Waals surface area contributed by atoms with Crippen LogP contribution >= 0.6 is 11.6 Å². The molecule has 8 nitrogen and oxygen atoms in total. The lowest BCUT2D eigenvalue weighted by atomic mass is 9.83. The number of aromatic hydroxyl groups is 4. The Hall–Kier alpha value is -4.69. The molecule has 0 unspecified atom stereocenters. The number of halogens is 1. The maximum absolute atomic E-state index is 14.1. The lowest BCUT2D eigenvalue weighted by Gasteiger charge is -2.43. The van der Waals surface area contributed by atoms with Crippen LogP contribution in [0.2, 0.25) is 5.02 Å². The van der Waals surface area contributed by atoms with Crippen LogP contribution in [0, 0.1) is 0 Å². The molecule has 0 saturated heterocycles. The van der Waals surface area contributed by atoms with Crippen molar-refractivity contribution in [2.75, 3.05) is 5.32 Å².